The third kappa shape index (κ3) is 4.74. The number of benzene rings is 2. The van der Waals surface area contributed by atoms with Crippen LogP contribution in [0.5, 0.6) is 0 Å². The van der Waals surface area contributed by atoms with Crippen molar-refractivity contribution in [1.82, 2.24) is 0 Å². The van der Waals surface area contributed by atoms with E-state index >= 15 is 0 Å². The van der Waals surface area contributed by atoms with Gasteiger partial charge in [-0.1, -0.05) is 67.2 Å². The summed E-state index contributed by atoms with van der Waals surface area (Å²) in [5.41, 5.74) is 1.78. The summed E-state index contributed by atoms with van der Waals surface area (Å²) in [6.45, 7) is 4.60. The van der Waals surface area contributed by atoms with Crippen molar-refractivity contribution in [2.75, 3.05) is 20.6 Å². The number of carbonyl (C=O) groups excluding carboxylic acids is 2. The summed E-state index contributed by atoms with van der Waals surface area (Å²) >= 11 is 0. The molecule has 2 aromatic carbocycles. The van der Waals surface area contributed by atoms with Gasteiger partial charge in [-0.05, 0) is 12.0 Å². The third-order valence-electron chi connectivity index (χ3n) is 3.93. The second-order valence-corrected chi connectivity index (χ2v) is 6.34. The minimum Gasteiger partial charge on any atom is -0.339 e. The zero-order valence-corrected chi connectivity index (χ0v) is 14.3. The van der Waals surface area contributed by atoms with Gasteiger partial charge in [-0.2, -0.15) is 0 Å². The fraction of sp³-hybridized carbons (Fsp3) is 0.238. The van der Waals surface area contributed by atoms with Crippen LogP contribution in [0.25, 0.3) is 0 Å². The standard InChI is InChI=1S/C21H23NO2/c1-16(20(23)17-10-6-4-7-11-17)14-19(15-22(2)3)21(24)18-12-8-5-9-13-18/h4-13,19H,1,14-15H2,2-3H3/p+1/t19-/m0/s1. The molecule has 3 heteroatoms. The number of ketones is 2. The minimum absolute atomic E-state index is 0.0683. The van der Waals surface area contributed by atoms with Gasteiger partial charge >= 0.3 is 0 Å². The Kier molecular flexibility index (Phi) is 6.21. The molecule has 0 heterocycles. The predicted octanol–water partition coefficient (Wildman–Crippen LogP) is 2.46. The van der Waals surface area contributed by atoms with Crippen molar-refractivity contribution < 1.29 is 14.5 Å². The molecule has 1 atom stereocenters. The Morgan fingerprint density at radius 1 is 0.917 bits per heavy atom. The molecule has 0 radical (unpaired) electrons. The molecule has 3 nitrogen and oxygen atoms in total. The molecule has 1 N–H and O–H groups in total. The Bertz CT molecular complexity index is 705. The van der Waals surface area contributed by atoms with Gasteiger partial charge in [-0.25, -0.2) is 0 Å². The van der Waals surface area contributed by atoms with Gasteiger partial charge in [0.25, 0.3) is 0 Å². The Balaban J connectivity index is 2.15. The molecule has 2 rings (SSSR count). The van der Waals surface area contributed by atoms with E-state index < -0.39 is 0 Å². The van der Waals surface area contributed by atoms with Crippen LogP contribution in [-0.4, -0.2) is 32.2 Å². The number of Topliss-reactive ketones (excluding diaryl/α,β-unsaturated/α-hetero) is 2. The van der Waals surface area contributed by atoms with E-state index in [-0.39, 0.29) is 17.5 Å². The molecule has 0 aliphatic carbocycles. The zero-order valence-electron chi connectivity index (χ0n) is 14.3. The van der Waals surface area contributed by atoms with Crippen molar-refractivity contribution in [2.24, 2.45) is 5.92 Å². The van der Waals surface area contributed by atoms with Gasteiger partial charge in [0.05, 0.1) is 26.6 Å². The lowest BCUT2D eigenvalue weighted by atomic mass is 9.88. The first-order chi connectivity index (χ1) is 11.5. The van der Waals surface area contributed by atoms with E-state index in [9.17, 15) is 9.59 Å². The van der Waals surface area contributed by atoms with E-state index in [0.29, 0.717) is 29.7 Å². The average molecular weight is 322 g/mol. The summed E-state index contributed by atoms with van der Waals surface area (Å²) in [4.78, 5) is 26.5. The van der Waals surface area contributed by atoms with E-state index in [1.807, 2.05) is 62.6 Å². The monoisotopic (exact) mass is 322 g/mol. The molecule has 0 saturated heterocycles. The number of hydrogen-bond donors (Lipinski definition) is 1. The van der Waals surface area contributed by atoms with Crippen LogP contribution < -0.4 is 4.90 Å². The molecule has 0 unspecified atom stereocenters. The molecular formula is C21H24NO2+. The molecule has 0 spiro atoms. The summed E-state index contributed by atoms with van der Waals surface area (Å²) in [6.07, 6.45) is 0.382. The average Bonchev–Trinajstić information content (AvgIpc) is 2.61. The first kappa shape index (κ1) is 17.8. The maximum Gasteiger partial charge on any atom is 0.188 e. The normalized spacial score (nSPS) is 12.0. The minimum atomic E-state index is -0.252. The number of nitrogens with one attached hydrogen (secondary N) is 1. The van der Waals surface area contributed by atoms with Gasteiger partial charge in [-0.3, -0.25) is 9.59 Å². The highest BCUT2D eigenvalue weighted by atomic mass is 16.1. The molecule has 2 aromatic rings. The summed E-state index contributed by atoms with van der Waals surface area (Å²) in [5, 5.41) is 0. The Labute approximate surface area is 143 Å². The summed E-state index contributed by atoms with van der Waals surface area (Å²) in [7, 11) is 4.01. The Morgan fingerprint density at radius 2 is 1.42 bits per heavy atom. The zero-order chi connectivity index (χ0) is 17.5. The van der Waals surface area contributed by atoms with E-state index in [1.54, 1.807) is 12.1 Å². The maximum atomic E-state index is 12.8. The fourth-order valence-electron chi connectivity index (χ4n) is 2.77. The van der Waals surface area contributed by atoms with Gasteiger partial charge in [0.15, 0.2) is 11.6 Å². The molecule has 0 aromatic heterocycles. The predicted molar refractivity (Wildman–Crippen MR) is 96.5 cm³/mol. The largest absolute Gasteiger partial charge is 0.339 e. The van der Waals surface area contributed by atoms with Crippen LogP contribution in [0.2, 0.25) is 0 Å². The second-order valence-electron chi connectivity index (χ2n) is 6.34. The molecule has 24 heavy (non-hydrogen) atoms. The van der Waals surface area contributed by atoms with Crippen molar-refractivity contribution in [2.45, 2.75) is 6.42 Å². The number of allylic oxidation sites excluding steroid dienone is 1. The van der Waals surface area contributed by atoms with Crippen molar-refractivity contribution >= 4 is 11.6 Å². The molecule has 0 bridgehead atoms. The van der Waals surface area contributed by atoms with E-state index in [4.69, 9.17) is 0 Å². The molecule has 0 aliphatic heterocycles. The lowest BCUT2D eigenvalue weighted by molar-refractivity contribution is -0.860. The topological polar surface area (TPSA) is 38.6 Å². The second kappa shape index (κ2) is 8.37. The van der Waals surface area contributed by atoms with E-state index in [2.05, 4.69) is 6.58 Å². The number of rotatable bonds is 8. The van der Waals surface area contributed by atoms with Gasteiger partial charge < -0.3 is 4.90 Å². The van der Waals surface area contributed by atoms with Crippen LogP contribution in [0.15, 0.2) is 72.8 Å². The summed E-state index contributed by atoms with van der Waals surface area (Å²) < 4.78 is 0. The molecule has 124 valence electrons. The SMILES string of the molecule is C=C(C[C@@H](C[NH+](C)C)C(=O)c1ccccc1)C(=O)c1ccccc1. The van der Waals surface area contributed by atoms with Crippen molar-refractivity contribution in [1.29, 1.82) is 0 Å². The quantitative estimate of drug-likeness (QED) is 0.599. The lowest BCUT2D eigenvalue weighted by Gasteiger charge is -2.19. The fourth-order valence-corrected chi connectivity index (χ4v) is 2.77. The maximum absolute atomic E-state index is 12.8. The van der Waals surface area contributed by atoms with Crippen LogP contribution in [0.4, 0.5) is 0 Å². The highest BCUT2D eigenvalue weighted by molar-refractivity contribution is 6.09. The van der Waals surface area contributed by atoms with Gasteiger partial charge in [0.1, 0.15) is 0 Å². The highest BCUT2D eigenvalue weighted by Crippen LogP contribution is 2.19. The summed E-state index contributed by atoms with van der Waals surface area (Å²) in [6, 6.07) is 18.3. The van der Waals surface area contributed by atoms with Crippen molar-refractivity contribution in [3.8, 4) is 0 Å². The first-order valence-electron chi connectivity index (χ1n) is 8.15. The highest BCUT2D eigenvalue weighted by Gasteiger charge is 2.25. The van der Waals surface area contributed by atoms with Crippen LogP contribution >= 0.6 is 0 Å². The van der Waals surface area contributed by atoms with Crippen molar-refractivity contribution in [3.05, 3.63) is 83.9 Å². The molecule has 0 aliphatic rings. The number of carbonyl (C=O) groups is 2. The van der Waals surface area contributed by atoms with Crippen LogP contribution in [0.1, 0.15) is 27.1 Å². The Hall–Kier alpha value is -2.52. The molecule has 0 amide bonds. The van der Waals surface area contributed by atoms with Gasteiger partial charge in [0, 0.05) is 11.1 Å². The molecule has 0 fully saturated rings. The Morgan fingerprint density at radius 3 is 1.92 bits per heavy atom. The number of hydrogen-bond acceptors (Lipinski definition) is 2. The molecular weight excluding hydrogens is 298 g/mol. The lowest BCUT2D eigenvalue weighted by Crippen LogP contribution is -3.06. The van der Waals surface area contributed by atoms with Gasteiger partial charge in [-0.15, -0.1) is 0 Å². The van der Waals surface area contributed by atoms with Crippen LogP contribution in [0.3, 0.4) is 0 Å². The smallest absolute Gasteiger partial charge is 0.188 e. The van der Waals surface area contributed by atoms with Gasteiger partial charge in [0.2, 0.25) is 0 Å². The van der Waals surface area contributed by atoms with E-state index in [1.165, 1.54) is 4.90 Å². The van der Waals surface area contributed by atoms with E-state index in [0.717, 1.165) is 0 Å². The van der Waals surface area contributed by atoms with Crippen LogP contribution in [-0.2, 0) is 0 Å². The number of quaternary nitrogens is 1. The van der Waals surface area contributed by atoms with Crippen molar-refractivity contribution in [3.63, 3.8) is 0 Å². The molecule has 0 saturated carbocycles. The van der Waals surface area contributed by atoms with Crippen LogP contribution in [0, 0.1) is 5.92 Å². The third-order valence-corrected chi connectivity index (χ3v) is 3.93. The summed E-state index contributed by atoms with van der Waals surface area (Å²) in [5.74, 6) is -0.272. The first-order valence-corrected chi connectivity index (χ1v) is 8.15.